The molecule has 0 N–H and O–H groups in total. The number of halogens is 3. The van der Waals surface area contributed by atoms with E-state index in [0.29, 0.717) is 14.0 Å². The highest BCUT2D eigenvalue weighted by atomic mass is 127. The molecule has 1 heterocycles. The van der Waals surface area contributed by atoms with Crippen LogP contribution in [0.15, 0.2) is 36.7 Å². The summed E-state index contributed by atoms with van der Waals surface area (Å²) in [5.74, 6) is 0. The van der Waals surface area contributed by atoms with Gasteiger partial charge in [-0.1, -0.05) is 51.9 Å². The number of benzene rings is 1. The quantitative estimate of drug-likeness (QED) is 0.493. The van der Waals surface area contributed by atoms with Crippen LogP contribution in [0.4, 0.5) is 0 Å². The van der Waals surface area contributed by atoms with Gasteiger partial charge in [0.1, 0.15) is 0 Å². The van der Waals surface area contributed by atoms with Gasteiger partial charge in [-0.2, -0.15) is 0 Å². The lowest BCUT2D eigenvalue weighted by Gasteiger charge is -2.11. The highest BCUT2D eigenvalue weighted by molar-refractivity contribution is 14.1. The molecule has 0 bridgehead atoms. The zero-order chi connectivity index (χ0) is 12.4. The molecule has 1 aromatic heterocycles. The maximum atomic E-state index is 6.04. The van der Waals surface area contributed by atoms with E-state index in [1.807, 2.05) is 36.7 Å². The second-order valence-electron chi connectivity index (χ2n) is 3.71. The Balaban J connectivity index is 2.56. The lowest BCUT2D eigenvalue weighted by atomic mass is 10.0. The van der Waals surface area contributed by atoms with Crippen molar-refractivity contribution in [1.29, 1.82) is 0 Å². The first-order chi connectivity index (χ1) is 8.09. The van der Waals surface area contributed by atoms with Crippen molar-refractivity contribution in [2.75, 3.05) is 0 Å². The van der Waals surface area contributed by atoms with Gasteiger partial charge in [-0.3, -0.25) is 4.98 Å². The first-order valence-electron chi connectivity index (χ1n) is 5.13. The van der Waals surface area contributed by atoms with Crippen LogP contribution in [0.25, 0.3) is 11.1 Å². The Kier molecular flexibility index (Phi) is 4.28. The third-order valence-electron chi connectivity index (χ3n) is 2.51. The molecule has 88 valence electrons. The molecule has 1 nitrogen and oxygen atoms in total. The van der Waals surface area contributed by atoms with Crippen molar-refractivity contribution in [3.8, 4) is 11.1 Å². The third kappa shape index (κ3) is 2.92. The zero-order valence-electron chi connectivity index (χ0n) is 9.12. The molecule has 0 aliphatic carbocycles. The third-order valence-corrected chi connectivity index (χ3v) is 3.92. The topological polar surface area (TPSA) is 12.9 Å². The molecule has 0 amide bonds. The highest BCUT2D eigenvalue weighted by Crippen LogP contribution is 2.34. The van der Waals surface area contributed by atoms with Gasteiger partial charge in [0.25, 0.3) is 0 Å². The van der Waals surface area contributed by atoms with Gasteiger partial charge in [0, 0.05) is 21.9 Å². The molecule has 0 aliphatic rings. The summed E-state index contributed by atoms with van der Waals surface area (Å²) in [6.45, 7) is 2.15. The summed E-state index contributed by atoms with van der Waals surface area (Å²) in [4.78, 5) is 4.18. The van der Waals surface area contributed by atoms with Crippen LogP contribution in [0.1, 0.15) is 16.4 Å². The number of hydrogen-bond acceptors (Lipinski definition) is 1. The largest absolute Gasteiger partial charge is 0.264 e. The molecule has 1 atom stereocenters. The van der Waals surface area contributed by atoms with Gasteiger partial charge < -0.3 is 0 Å². The predicted octanol–water partition coefficient (Wildman–Crippen LogP) is 5.55. The minimum absolute atomic E-state index is 0.417. The van der Waals surface area contributed by atoms with Gasteiger partial charge in [0.05, 0.1) is 10.0 Å². The Bertz CT molecular complexity index is 541. The Morgan fingerprint density at radius 2 is 1.94 bits per heavy atom. The summed E-state index contributed by atoms with van der Waals surface area (Å²) in [6.07, 6.45) is 3.68. The highest BCUT2D eigenvalue weighted by Gasteiger charge is 2.10. The van der Waals surface area contributed by atoms with Crippen molar-refractivity contribution < 1.29 is 0 Å². The molecule has 1 unspecified atom stereocenters. The SMILES string of the molecule is CC(I)c1ccncc1-c1ccc(Cl)c(Cl)c1. The van der Waals surface area contributed by atoms with Crippen LogP contribution in [-0.4, -0.2) is 4.98 Å². The van der Waals surface area contributed by atoms with Crippen LogP contribution in [-0.2, 0) is 0 Å². The molecule has 0 spiro atoms. The van der Waals surface area contributed by atoms with Crippen molar-refractivity contribution in [3.05, 3.63) is 52.3 Å². The number of alkyl halides is 1. The summed E-state index contributed by atoms with van der Waals surface area (Å²) in [6, 6.07) is 7.69. The van der Waals surface area contributed by atoms with Crippen molar-refractivity contribution in [3.63, 3.8) is 0 Å². The Morgan fingerprint density at radius 1 is 1.18 bits per heavy atom. The monoisotopic (exact) mass is 377 g/mol. The van der Waals surface area contributed by atoms with Crippen LogP contribution < -0.4 is 0 Å². The van der Waals surface area contributed by atoms with Crippen molar-refractivity contribution >= 4 is 45.8 Å². The lowest BCUT2D eigenvalue weighted by molar-refractivity contribution is 1.13. The minimum atomic E-state index is 0.417. The van der Waals surface area contributed by atoms with Crippen LogP contribution >= 0.6 is 45.8 Å². The Labute approximate surface area is 124 Å². The standard InChI is InChI=1S/C13H10Cl2IN/c1-8(16)10-4-5-17-7-11(10)9-2-3-12(14)13(15)6-9/h2-8H,1H3. The number of aromatic nitrogens is 1. The van der Waals surface area contributed by atoms with E-state index in [2.05, 4.69) is 34.5 Å². The minimum Gasteiger partial charge on any atom is -0.264 e. The number of nitrogens with zero attached hydrogens (tertiary/aromatic N) is 1. The first-order valence-corrected chi connectivity index (χ1v) is 7.13. The van der Waals surface area contributed by atoms with E-state index in [-0.39, 0.29) is 0 Å². The van der Waals surface area contributed by atoms with Crippen LogP contribution in [0.3, 0.4) is 0 Å². The van der Waals surface area contributed by atoms with Crippen LogP contribution in [0.2, 0.25) is 10.0 Å². The molecule has 0 fully saturated rings. The summed E-state index contributed by atoms with van der Waals surface area (Å²) in [5, 5.41) is 1.14. The molecule has 0 radical (unpaired) electrons. The molecular formula is C13H10Cl2IN. The second-order valence-corrected chi connectivity index (χ2v) is 6.39. The Hall–Kier alpha value is -0.320. The number of hydrogen-bond donors (Lipinski definition) is 0. The number of rotatable bonds is 2. The summed E-state index contributed by atoms with van der Waals surface area (Å²) in [7, 11) is 0. The van der Waals surface area contributed by atoms with Crippen molar-refractivity contribution in [2.24, 2.45) is 0 Å². The van der Waals surface area contributed by atoms with E-state index >= 15 is 0 Å². The Morgan fingerprint density at radius 3 is 2.59 bits per heavy atom. The first kappa shape index (κ1) is 13.1. The summed E-state index contributed by atoms with van der Waals surface area (Å²) < 4.78 is 0.417. The van der Waals surface area contributed by atoms with Gasteiger partial charge >= 0.3 is 0 Å². The van der Waals surface area contributed by atoms with Gasteiger partial charge in [-0.05, 0) is 36.2 Å². The van der Waals surface area contributed by atoms with E-state index < -0.39 is 0 Å². The van der Waals surface area contributed by atoms with Crippen molar-refractivity contribution in [1.82, 2.24) is 4.98 Å². The zero-order valence-corrected chi connectivity index (χ0v) is 12.8. The van der Waals surface area contributed by atoms with Gasteiger partial charge in [0.2, 0.25) is 0 Å². The van der Waals surface area contributed by atoms with Gasteiger partial charge in [-0.25, -0.2) is 0 Å². The molecule has 0 saturated heterocycles. The van der Waals surface area contributed by atoms with Crippen LogP contribution in [0, 0.1) is 0 Å². The van der Waals surface area contributed by atoms with E-state index in [1.165, 1.54) is 5.56 Å². The molecule has 2 aromatic rings. The fourth-order valence-electron chi connectivity index (χ4n) is 1.66. The predicted molar refractivity (Wildman–Crippen MR) is 82.1 cm³/mol. The molecule has 2 rings (SSSR count). The maximum absolute atomic E-state index is 6.04. The molecule has 4 heteroatoms. The van der Waals surface area contributed by atoms with E-state index in [1.54, 1.807) is 0 Å². The summed E-state index contributed by atoms with van der Waals surface area (Å²) in [5.41, 5.74) is 3.40. The van der Waals surface area contributed by atoms with E-state index in [0.717, 1.165) is 11.1 Å². The molecule has 1 aromatic carbocycles. The van der Waals surface area contributed by atoms with Crippen LogP contribution in [0.5, 0.6) is 0 Å². The lowest BCUT2D eigenvalue weighted by Crippen LogP contribution is -1.91. The molecule has 0 aliphatic heterocycles. The number of pyridine rings is 1. The van der Waals surface area contributed by atoms with Gasteiger partial charge in [0.15, 0.2) is 0 Å². The van der Waals surface area contributed by atoms with Gasteiger partial charge in [-0.15, -0.1) is 0 Å². The normalized spacial score (nSPS) is 12.5. The fourth-order valence-corrected chi connectivity index (χ4v) is 2.50. The summed E-state index contributed by atoms with van der Waals surface area (Å²) >= 11 is 14.4. The van der Waals surface area contributed by atoms with Crippen molar-refractivity contribution in [2.45, 2.75) is 10.8 Å². The molecule has 17 heavy (non-hydrogen) atoms. The average Bonchev–Trinajstić information content (AvgIpc) is 2.32. The smallest absolute Gasteiger partial charge is 0.0598 e. The fraction of sp³-hybridized carbons (Fsp3) is 0.154. The van der Waals surface area contributed by atoms with E-state index in [4.69, 9.17) is 23.2 Å². The maximum Gasteiger partial charge on any atom is 0.0598 e. The molecule has 0 saturated carbocycles. The average molecular weight is 378 g/mol. The molecular weight excluding hydrogens is 368 g/mol. The second kappa shape index (κ2) is 5.55. The van der Waals surface area contributed by atoms with E-state index in [9.17, 15) is 0 Å².